The topological polar surface area (TPSA) is 62.5 Å². The minimum absolute atomic E-state index is 0.264. The third-order valence-electron chi connectivity index (χ3n) is 4.69. The number of nitro benzene ring substituents is 1. The number of benzene rings is 1. The van der Waals surface area contributed by atoms with Gasteiger partial charge in [0, 0.05) is 51.0 Å². The molecule has 2 heterocycles. The van der Waals surface area contributed by atoms with Crippen molar-refractivity contribution in [3.8, 4) is 0 Å². The average Bonchev–Trinajstić information content (AvgIpc) is 2.62. The van der Waals surface area contributed by atoms with Gasteiger partial charge in [0.2, 0.25) is 5.82 Å². The second-order valence-corrected chi connectivity index (χ2v) is 6.29. The molecule has 2 aromatic rings. The van der Waals surface area contributed by atoms with Crippen molar-refractivity contribution in [3.63, 3.8) is 0 Å². The van der Waals surface area contributed by atoms with Crippen LogP contribution >= 0.6 is 0 Å². The molecule has 0 spiro atoms. The summed E-state index contributed by atoms with van der Waals surface area (Å²) in [4.78, 5) is 19.0. The first-order chi connectivity index (χ1) is 12.0. The van der Waals surface area contributed by atoms with Crippen LogP contribution in [0.5, 0.6) is 0 Å². The molecule has 6 nitrogen and oxygen atoms in total. The van der Waals surface area contributed by atoms with Gasteiger partial charge in [0.15, 0.2) is 0 Å². The fourth-order valence-corrected chi connectivity index (χ4v) is 3.17. The molecular weight excluding hydrogens is 323 g/mol. The predicted octanol–water partition coefficient (Wildman–Crippen LogP) is 3.01. The number of rotatable bonds is 5. The molecule has 1 atom stereocenters. The van der Waals surface area contributed by atoms with E-state index in [1.54, 1.807) is 6.07 Å². The normalized spacial score (nSPS) is 17.4. The number of hydrogen-bond donors (Lipinski definition) is 0. The highest BCUT2D eigenvalue weighted by Crippen LogP contribution is 2.22. The van der Waals surface area contributed by atoms with Crippen LogP contribution in [-0.2, 0) is 6.54 Å². The molecule has 1 aliphatic rings. The summed E-state index contributed by atoms with van der Waals surface area (Å²) in [6.07, 6.45) is 1.81. The minimum atomic E-state index is -0.773. The first-order valence-corrected chi connectivity index (χ1v) is 8.35. The molecule has 0 bridgehead atoms. The van der Waals surface area contributed by atoms with Gasteiger partial charge in [-0.2, -0.15) is 4.39 Å². The van der Waals surface area contributed by atoms with Crippen molar-refractivity contribution in [2.45, 2.75) is 19.5 Å². The van der Waals surface area contributed by atoms with Crippen molar-refractivity contribution >= 4 is 5.69 Å². The lowest BCUT2D eigenvalue weighted by molar-refractivity contribution is -0.387. The predicted molar refractivity (Wildman–Crippen MR) is 92.6 cm³/mol. The van der Waals surface area contributed by atoms with Crippen LogP contribution in [0.2, 0.25) is 0 Å². The third kappa shape index (κ3) is 4.18. The van der Waals surface area contributed by atoms with Gasteiger partial charge < -0.3 is 0 Å². The van der Waals surface area contributed by atoms with Crippen LogP contribution in [0.15, 0.2) is 42.6 Å². The Balaban J connectivity index is 1.56. The molecule has 1 aromatic carbocycles. The van der Waals surface area contributed by atoms with Crippen molar-refractivity contribution in [2.75, 3.05) is 26.2 Å². The van der Waals surface area contributed by atoms with Crippen molar-refractivity contribution in [2.24, 2.45) is 0 Å². The molecule has 7 heteroatoms. The monoisotopic (exact) mass is 344 g/mol. The zero-order valence-electron chi connectivity index (χ0n) is 14.1. The molecule has 0 radical (unpaired) electrons. The van der Waals surface area contributed by atoms with E-state index in [4.69, 9.17) is 0 Å². The van der Waals surface area contributed by atoms with E-state index < -0.39 is 16.4 Å². The van der Waals surface area contributed by atoms with E-state index in [-0.39, 0.29) is 6.04 Å². The fraction of sp³-hybridized carbons (Fsp3) is 0.389. The molecule has 3 rings (SSSR count). The van der Waals surface area contributed by atoms with Crippen molar-refractivity contribution in [3.05, 3.63) is 69.8 Å². The molecule has 1 aromatic heterocycles. The molecule has 0 saturated carbocycles. The number of pyridine rings is 1. The van der Waals surface area contributed by atoms with Gasteiger partial charge in [-0.3, -0.25) is 24.9 Å². The van der Waals surface area contributed by atoms with Gasteiger partial charge >= 0.3 is 5.69 Å². The Morgan fingerprint density at radius 1 is 1.24 bits per heavy atom. The number of piperazine rings is 1. The molecule has 25 heavy (non-hydrogen) atoms. The Kier molecular flexibility index (Phi) is 5.35. The van der Waals surface area contributed by atoms with Crippen molar-refractivity contribution in [1.29, 1.82) is 0 Å². The van der Waals surface area contributed by atoms with Gasteiger partial charge in [0.05, 0.1) is 10.6 Å². The van der Waals surface area contributed by atoms with E-state index in [2.05, 4.69) is 21.7 Å². The van der Waals surface area contributed by atoms with Gasteiger partial charge in [-0.25, -0.2) is 0 Å². The van der Waals surface area contributed by atoms with Crippen LogP contribution in [0, 0.1) is 15.9 Å². The Morgan fingerprint density at radius 3 is 2.60 bits per heavy atom. The highest BCUT2D eigenvalue weighted by molar-refractivity contribution is 5.35. The van der Waals surface area contributed by atoms with Crippen LogP contribution in [0.4, 0.5) is 10.1 Å². The third-order valence-corrected chi connectivity index (χ3v) is 4.69. The van der Waals surface area contributed by atoms with E-state index in [1.165, 1.54) is 12.1 Å². The van der Waals surface area contributed by atoms with Crippen LogP contribution in [0.1, 0.15) is 24.2 Å². The molecule has 0 N–H and O–H groups in total. The Labute approximate surface area is 146 Å². The average molecular weight is 344 g/mol. The molecule has 1 unspecified atom stereocenters. The van der Waals surface area contributed by atoms with E-state index >= 15 is 0 Å². The highest BCUT2D eigenvalue weighted by Gasteiger charge is 2.23. The van der Waals surface area contributed by atoms with Gasteiger partial charge in [-0.05, 0) is 30.7 Å². The van der Waals surface area contributed by atoms with E-state index in [9.17, 15) is 14.5 Å². The minimum Gasteiger partial charge on any atom is -0.297 e. The maximum absolute atomic E-state index is 13.7. The summed E-state index contributed by atoms with van der Waals surface area (Å²) in [5.41, 5.74) is 1.35. The number of halogens is 1. The molecule has 0 aliphatic carbocycles. The first-order valence-electron chi connectivity index (χ1n) is 8.35. The second-order valence-electron chi connectivity index (χ2n) is 6.29. The van der Waals surface area contributed by atoms with E-state index in [1.807, 2.05) is 24.4 Å². The smallest absolute Gasteiger partial charge is 0.297 e. The number of nitrogens with zero attached hydrogens (tertiary/aromatic N) is 4. The fourth-order valence-electron chi connectivity index (χ4n) is 3.17. The van der Waals surface area contributed by atoms with Gasteiger partial charge in [0.1, 0.15) is 0 Å². The summed E-state index contributed by atoms with van der Waals surface area (Å²) < 4.78 is 13.7. The molecular formula is C18H21FN4O2. The summed E-state index contributed by atoms with van der Waals surface area (Å²) in [7, 11) is 0. The first kappa shape index (κ1) is 17.4. The summed E-state index contributed by atoms with van der Waals surface area (Å²) in [5.74, 6) is -0.773. The SMILES string of the molecule is CC(c1ccccn1)N1CCN(Cc2ccc([N+](=O)[O-])c(F)c2)CC1. The lowest BCUT2D eigenvalue weighted by Gasteiger charge is -2.37. The van der Waals surface area contributed by atoms with Crippen molar-refractivity contribution < 1.29 is 9.31 Å². The summed E-state index contributed by atoms with van der Waals surface area (Å²) in [5, 5.41) is 10.7. The number of nitro groups is 1. The second kappa shape index (κ2) is 7.67. The van der Waals surface area contributed by atoms with Gasteiger partial charge in [-0.1, -0.05) is 12.1 Å². The highest BCUT2D eigenvalue weighted by atomic mass is 19.1. The van der Waals surface area contributed by atoms with Crippen LogP contribution < -0.4 is 0 Å². The standard InChI is InChI=1S/C18H21FN4O2/c1-14(17-4-2-3-7-20-17)22-10-8-21(9-11-22)13-15-5-6-18(23(24)25)16(19)12-15/h2-7,12,14H,8-11,13H2,1H3. The lowest BCUT2D eigenvalue weighted by Crippen LogP contribution is -2.46. The summed E-state index contributed by atoms with van der Waals surface area (Å²) in [6, 6.07) is 10.3. The van der Waals surface area contributed by atoms with Gasteiger partial charge in [-0.15, -0.1) is 0 Å². The van der Waals surface area contributed by atoms with Crippen molar-refractivity contribution in [1.82, 2.24) is 14.8 Å². The quantitative estimate of drug-likeness (QED) is 0.616. The number of hydrogen-bond acceptors (Lipinski definition) is 5. The lowest BCUT2D eigenvalue weighted by atomic mass is 10.1. The Hall–Kier alpha value is -2.38. The van der Waals surface area contributed by atoms with E-state index in [0.717, 1.165) is 37.4 Å². The summed E-state index contributed by atoms with van der Waals surface area (Å²) >= 11 is 0. The molecule has 1 aliphatic heterocycles. The molecule has 0 amide bonds. The van der Waals surface area contributed by atoms with Gasteiger partial charge in [0.25, 0.3) is 0 Å². The van der Waals surface area contributed by atoms with E-state index in [0.29, 0.717) is 6.54 Å². The maximum atomic E-state index is 13.7. The van der Waals surface area contributed by atoms with Crippen LogP contribution in [-0.4, -0.2) is 45.9 Å². The zero-order chi connectivity index (χ0) is 17.8. The van der Waals surface area contributed by atoms with Crippen LogP contribution in [0.3, 0.4) is 0 Å². The Morgan fingerprint density at radius 2 is 2.00 bits per heavy atom. The molecule has 132 valence electrons. The largest absolute Gasteiger partial charge is 0.304 e. The maximum Gasteiger partial charge on any atom is 0.304 e. The Bertz CT molecular complexity index is 733. The van der Waals surface area contributed by atoms with Crippen LogP contribution in [0.25, 0.3) is 0 Å². The molecule has 1 fully saturated rings. The summed E-state index contributed by atoms with van der Waals surface area (Å²) in [6.45, 7) is 6.32. The number of aromatic nitrogens is 1. The molecule has 1 saturated heterocycles. The zero-order valence-corrected chi connectivity index (χ0v) is 14.1.